The number of nitrogens with zero attached hydrogens (tertiary/aromatic N) is 3. The van der Waals surface area contributed by atoms with Gasteiger partial charge in [0.15, 0.2) is 0 Å². The van der Waals surface area contributed by atoms with Crippen LogP contribution in [0.2, 0.25) is 0 Å². The van der Waals surface area contributed by atoms with E-state index < -0.39 is 10.0 Å². The molecule has 7 heteroatoms. The molecule has 150 valence electrons. The third-order valence-electron chi connectivity index (χ3n) is 5.89. The normalized spacial score (nSPS) is 19.6. The molecule has 0 N–H and O–H groups in total. The van der Waals surface area contributed by atoms with E-state index in [1.165, 1.54) is 27.6 Å². The Morgan fingerprint density at radius 3 is 2.48 bits per heavy atom. The monoisotopic (exact) mass is 409 g/mol. The molecule has 1 heterocycles. The minimum atomic E-state index is -3.74. The van der Waals surface area contributed by atoms with Gasteiger partial charge in [-0.1, -0.05) is 36.4 Å². The molecule has 1 aliphatic carbocycles. The summed E-state index contributed by atoms with van der Waals surface area (Å²) in [4.78, 5) is 14.6. The van der Waals surface area contributed by atoms with Crippen molar-refractivity contribution in [1.82, 2.24) is 9.21 Å². The maximum Gasteiger partial charge on any atom is 0.244 e. The standard InChI is InChI=1S/C22H23N3O3S/c23-16-19-6-2-4-8-21(19)29(27,28)25-13-11-24(12-14-25)22(26)15-18-10-9-17-5-1-3-7-20(17)18/h1-8,18H,9-15H2. The molecule has 4 rings (SSSR count). The Labute approximate surface area is 171 Å². The van der Waals surface area contributed by atoms with Crippen LogP contribution >= 0.6 is 0 Å². The van der Waals surface area contributed by atoms with E-state index in [9.17, 15) is 18.5 Å². The number of hydrogen-bond donors (Lipinski definition) is 0. The van der Waals surface area contributed by atoms with Crippen LogP contribution in [0.4, 0.5) is 0 Å². The van der Waals surface area contributed by atoms with Crippen molar-refractivity contribution in [3.05, 3.63) is 65.2 Å². The van der Waals surface area contributed by atoms with E-state index in [4.69, 9.17) is 0 Å². The van der Waals surface area contributed by atoms with Gasteiger partial charge in [0, 0.05) is 32.6 Å². The largest absolute Gasteiger partial charge is 0.340 e. The molecule has 0 aromatic heterocycles. The molecular weight excluding hydrogens is 386 g/mol. The lowest BCUT2D eigenvalue weighted by atomic mass is 9.97. The van der Waals surface area contributed by atoms with Crippen molar-refractivity contribution in [2.24, 2.45) is 0 Å². The van der Waals surface area contributed by atoms with Crippen LogP contribution in [-0.4, -0.2) is 49.7 Å². The van der Waals surface area contributed by atoms with Crippen LogP contribution in [-0.2, 0) is 21.2 Å². The minimum Gasteiger partial charge on any atom is -0.340 e. The Bertz CT molecular complexity index is 1070. The number of nitriles is 1. The summed E-state index contributed by atoms with van der Waals surface area (Å²) in [7, 11) is -3.74. The Kier molecular flexibility index (Phi) is 5.39. The molecule has 6 nitrogen and oxygen atoms in total. The zero-order valence-corrected chi connectivity index (χ0v) is 16.9. The van der Waals surface area contributed by atoms with Crippen LogP contribution in [0.25, 0.3) is 0 Å². The van der Waals surface area contributed by atoms with E-state index >= 15 is 0 Å². The van der Waals surface area contributed by atoms with E-state index in [1.807, 2.05) is 18.2 Å². The second kappa shape index (κ2) is 7.97. The highest BCUT2D eigenvalue weighted by Crippen LogP contribution is 2.35. The van der Waals surface area contributed by atoms with Gasteiger partial charge in [-0.05, 0) is 42.0 Å². The highest BCUT2D eigenvalue weighted by Gasteiger charge is 2.33. The molecule has 29 heavy (non-hydrogen) atoms. The smallest absolute Gasteiger partial charge is 0.244 e. The molecule has 2 aromatic carbocycles. The van der Waals surface area contributed by atoms with Gasteiger partial charge in [0.1, 0.15) is 6.07 Å². The third-order valence-corrected chi connectivity index (χ3v) is 7.85. The Hall–Kier alpha value is -2.69. The van der Waals surface area contributed by atoms with Gasteiger partial charge < -0.3 is 4.90 Å². The van der Waals surface area contributed by atoms with Crippen molar-refractivity contribution in [1.29, 1.82) is 5.26 Å². The third kappa shape index (κ3) is 3.78. The topological polar surface area (TPSA) is 81.5 Å². The molecule has 2 aromatic rings. The van der Waals surface area contributed by atoms with Crippen LogP contribution in [0.5, 0.6) is 0 Å². The maximum absolute atomic E-state index is 12.9. The van der Waals surface area contributed by atoms with Gasteiger partial charge in [-0.25, -0.2) is 8.42 Å². The Balaban J connectivity index is 1.39. The zero-order chi connectivity index (χ0) is 20.4. The van der Waals surface area contributed by atoms with Crippen molar-refractivity contribution in [2.45, 2.75) is 30.1 Å². The zero-order valence-electron chi connectivity index (χ0n) is 16.1. The van der Waals surface area contributed by atoms with Gasteiger partial charge >= 0.3 is 0 Å². The summed E-state index contributed by atoms with van der Waals surface area (Å²) in [5, 5.41) is 9.21. The van der Waals surface area contributed by atoms with Crippen LogP contribution in [0, 0.1) is 11.3 Å². The molecule has 1 saturated heterocycles. The fourth-order valence-electron chi connectivity index (χ4n) is 4.30. The SMILES string of the molecule is N#Cc1ccccc1S(=O)(=O)N1CCN(C(=O)CC2CCc3ccccc32)CC1. The number of rotatable bonds is 4. The first-order valence-electron chi connectivity index (χ1n) is 9.85. The Morgan fingerprint density at radius 2 is 1.72 bits per heavy atom. The number of piperazine rings is 1. The maximum atomic E-state index is 12.9. The van der Waals surface area contributed by atoms with Gasteiger partial charge in [0.05, 0.1) is 10.5 Å². The van der Waals surface area contributed by atoms with Crippen molar-refractivity contribution in [3.8, 4) is 6.07 Å². The molecule has 1 aliphatic heterocycles. The van der Waals surface area contributed by atoms with Crippen molar-refractivity contribution < 1.29 is 13.2 Å². The molecule has 2 aliphatic rings. The predicted octanol–water partition coefficient (Wildman–Crippen LogP) is 2.51. The number of carbonyl (C=O) groups is 1. The number of hydrogen-bond acceptors (Lipinski definition) is 4. The van der Waals surface area contributed by atoms with Crippen LogP contribution < -0.4 is 0 Å². The number of sulfonamides is 1. The summed E-state index contributed by atoms with van der Waals surface area (Å²) in [6, 6.07) is 16.5. The summed E-state index contributed by atoms with van der Waals surface area (Å²) in [6.07, 6.45) is 2.48. The first-order valence-corrected chi connectivity index (χ1v) is 11.3. The summed E-state index contributed by atoms with van der Waals surface area (Å²) in [6.45, 7) is 1.24. The number of benzene rings is 2. The molecule has 1 unspecified atom stereocenters. The summed E-state index contributed by atoms with van der Waals surface area (Å²) < 4.78 is 27.2. The first kappa shape index (κ1) is 19.6. The van der Waals surface area contributed by atoms with Crippen LogP contribution in [0.1, 0.15) is 35.4 Å². The highest BCUT2D eigenvalue weighted by molar-refractivity contribution is 7.89. The lowest BCUT2D eigenvalue weighted by Gasteiger charge is -2.34. The molecule has 1 amide bonds. The average molecular weight is 410 g/mol. The number of aryl methyl sites for hydroxylation is 1. The summed E-state index contributed by atoms with van der Waals surface area (Å²) in [5.74, 6) is 0.337. The number of fused-ring (bicyclic) bond motifs is 1. The highest BCUT2D eigenvalue weighted by atomic mass is 32.2. The Morgan fingerprint density at radius 1 is 1.03 bits per heavy atom. The van der Waals surface area contributed by atoms with E-state index in [-0.39, 0.29) is 35.4 Å². The first-order chi connectivity index (χ1) is 14.0. The lowest BCUT2D eigenvalue weighted by molar-refractivity contribution is -0.132. The second-order valence-electron chi connectivity index (χ2n) is 7.53. The van der Waals surface area contributed by atoms with Crippen molar-refractivity contribution in [3.63, 3.8) is 0 Å². The summed E-state index contributed by atoms with van der Waals surface area (Å²) in [5.41, 5.74) is 2.75. The van der Waals surface area contributed by atoms with Crippen molar-refractivity contribution >= 4 is 15.9 Å². The van der Waals surface area contributed by atoms with Gasteiger partial charge in [0.25, 0.3) is 0 Å². The molecule has 1 atom stereocenters. The molecule has 0 spiro atoms. The molecule has 0 saturated carbocycles. The predicted molar refractivity (Wildman–Crippen MR) is 109 cm³/mol. The summed E-state index contributed by atoms with van der Waals surface area (Å²) >= 11 is 0. The van der Waals surface area contributed by atoms with Gasteiger partial charge in [-0.2, -0.15) is 9.57 Å². The lowest BCUT2D eigenvalue weighted by Crippen LogP contribution is -2.50. The fraction of sp³-hybridized carbons (Fsp3) is 0.364. The fourth-order valence-corrected chi connectivity index (χ4v) is 5.86. The van der Waals surface area contributed by atoms with Crippen molar-refractivity contribution in [2.75, 3.05) is 26.2 Å². The molecule has 1 fully saturated rings. The minimum absolute atomic E-state index is 0.0323. The quantitative estimate of drug-likeness (QED) is 0.777. The number of amides is 1. The van der Waals surface area contributed by atoms with E-state index in [0.29, 0.717) is 19.5 Å². The van der Waals surface area contributed by atoms with E-state index in [0.717, 1.165) is 12.8 Å². The van der Waals surface area contributed by atoms with E-state index in [1.54, 1.807) is 17.0 Å². The van der Waals surface area contributed by atoms with Crippen LogP contribution in [0.15, 0.2) is 53.4 Å². The van der Waals surface area contributed by atoms with Gasteiger partial charge in [-0.15, -0.1) is 0 Å². The van der Waals surface area contributed by atoms with E-state index in [2.05, 4.69) is 12.1 Å². The average Bonchev–Trinajstić information content (AvgIpc) is 3.16. The molecular formula is C22H23N3O3S. The molecule has 0 bridgehead atoms. The molecule has 0 radical (unpaired) electrons. The van der Waals surface area contributed by atoms with Crippen LogP contribution in [0.3, 0.4) is 0 Å². The van der Waals surface area contributed by atoms with Gasteiger partial charge in [-0.3, -0.25) is 4.79 Å². The second-order valence-corrected chi connectivity index (χ2v) is 9.44. The number of carbonyl (C=O) groups excluding carboxylic acids is 1. The van der Waals surface area contributed by atoms with Gasteiger partial charge in [0.2, 0.25) is 15.9 Å².